The van der Waals surface area contributed by atoms with Crippen LogP contribution in [0.3, 0.4) is 0 Å². The molecule has 0 spiro atoms. The molecule has 0 bridgehead atoms. The van der Waals surface area contributed by atoms with Gasteiger partial charge in [-0.3, -0.25) is 14.2 Å². The zero-order valence-electron chi connectivity index (χ0n) is 25.9. The number of nitrogens with one attached hydrogen (secondary N) is 1. The monoisotopic (exact) mass is 672 g/mol. The molecule has 242 valence electrons. The molecule has 2 aromatic carbocycles. The number of thiophene rings is 1. The fourth-order valence-corrected chi connectivity index (χ4v) is 6.77. The maximum atomic E-state index is 14.0. The first kappa shape index (κ1) is 31.9. The van der Waals surface area contributed by atoms with E-state index in [1.165, 1.54) is 23.0 Å². The van der Waals surface area contributed by atoms with Crippen molar-refractivity contribution in [2.75, 3.05) is 26.6 Å². The van der Waals surface area contributed by atoms with Crippen molar-refractivity contribution in [2.45, 2.75) is 31.1 Å². The number of methoxy groups -OCH3 is 2. The largest absolute Gasteiger partial charge is 0.494 e. The van der Waals surface area contributed by atoms with E-state index in [2.05, 4.69) is 15.5 Å². The van der Waals surface area contributed by atoms with Crippen LogP contribution in [0.5, 0.6) is 17.2 Å². The number of thioether (sulfide) groups is 1. The Labute approximate surface area is 279 Å². The van der Waals surface area contributed by atoms with Crippen molar-refractivity contribution >= 4 is 40.6 Å². The molecule has 1 atom stereocenters. The zero-order valence-corrected chi connectivity index (χ0v) is 27.5. The van der Waals surface area contributed by atoms with E-state index in [1.807, 2.05) is 71.5 Å². The number of rotatable bonds is 13. The molecule has 1 N–H and O–H groups in total. The third kappa shape index (κ3) is 6.88. The van der Waals surface area contributed by atoms with E-state index in [0.717, 1.165) is 21.8 Å². The Kier molecular flexibility index (Phi) is 9.88. The molecule has 6 rings (SSSR count). The van der Waals surface area contributed by atoms with Gasteiger partial charge in [-0.2, -0.15) is 5.10 Å². The van der Waals surface area contributed by atoms with E-state index in [-0.39, 0.29) is 29.9 Å². The van der Waals surface area contributed by atoms with Crippen molar-refractivity contribution in [3.8, 4) is 22.9 Å². The molecular weight excluding hydrogens is 641 g/mol. The summed E-state index contributed by atoms with van der Waals surface area (Å²) in [4.78, 5) is 27.6. The second-order valence-electron chi connectivity index (χ2n) is 10.2. The van der Waals surface area contributed by atoms with Crippen molar-refractivity contribution in [1.82, 2.24) is 25.1 Å². The number of hydrogen-bond acceptors (Lipinski definition) is 11. The maximum absolute atomic E-state index is 14.0. The summed E-state index contributed by atoms with van der Waals surface area (Å²) in [6.07, 6.45) is 1.95. The van der Waals surface area contributed by atoms with Crippen molar-refractivity contribution in [1.29, 1.82) is 0 Å². The first-order valence-electron chi connectivity index (χ1n) is 14.8. The fraction of sp³-hybridized carbons (Fsp3) is 0.242. The summed E-state index contributed by atoms with van der Waals surface area (Å²) in [5.41, 5.74) is 2.36. The van der Waals surface area contributed by atoms with Gasteiger partial charge in [0.1, 0.15) is 5.75 Å². The van der Waals surface area contributed by atoms with Crippen LogP contribution in [0, 0.1) is 0 Å². The Morgan fingerprint density at radius 1 is 1.04 bits per heavy atom. The standard InChI is InChI=1S/C33H32N6O6S2/c1-4-44-22-14-12-21(13-15-22)38-29(19-34-32(41)27-10-6-16-45-27)35-36-33(38)47-20-30(40)39-25(18-24(37-39)28-11-7-17-46-28)23-8-5-9-26(42-2)31(23)43-3/h5-17,25H,4,18-20H2,1-3H3,(H,34,41)/t25-/m1/s1. The van der Waals surface area contributed by atoms with Crippen molar-refractivity contribution in [3.63, 3.8) is 0 Å². The number of ether oxygens (including phenoxy) is 3. The summed E-state index contributed by atoms with van der Waals surface area (Å²) >= 11 is 2.81. The number of hydrazone groups is 1. The predicted octanol–water partition coefficient (Wildman–Crippen LogP) is 5.74. The lowest BCUT2D eigenvalue weighted by molar-refractivity contribution is -0.130. The highest BCUT2D eigenvalue weighted by Crippen LogP contribution is 2.42. The normalized spacial score (nSPS) is 14.1. The van der Waals surface area contributed by atoms with E-state index < -0.39 is 6.04 Å². The number of nitrogens with zero attached hydrogens (tertiary/aromatic N) is 5. The Morgan fingerprint density at radius 3 is 2.60 bits per heavy atom. The van der Waals surface area contributed by atoms with Crippen LogP contribution in [-0.2, 0) is 11.3 Å². The molecule has 0 unspecified atom stereocenters. The van der Waals surface area contributed by atoms with Gasteiger partial charge in [0.2, 0.25) is 0 Å². The van der Waals surface area contributed by atoms with Gasteiger partial charge in [0.25, 0.3) is 11.8 Å². The van der Waals surface area contributed by atoms with Crippen LogP contribution >= 0.6 is 23.1 Å². The summed E-state index contributed by atoms with van der Waals surface area (Å²) < 4.78 is 23.9. The van der Waals surface area contributed by atoms with Gasteiger partial charge in [0.05, 0.1) is 56.0 Å². The predicted molar refractivity (Wildman–Crippen MR) is 178 cm³/mol. The number of amides is 2. The Bertz CT molecular complexity index is 1850. The van der Waals surface area contributed by atoms with Crippen molar-refractivity contribution in [2.24, 2.45) is 5.10 Å². The Hall–Kier alpha value is -5.08. The molecule has 12 nitrogen and oxygen atoms in total. The third-order valence-corrected chi connectivity index (χ3v) is 9.18. The molecule has 47 heavy (non-hydrogen) atoms. The average molecular weight is 673 g/mol. The molecule has 0 radical (unpaired) electrons. The molecule has 4 heterocycles. The van der Waals surface area contributed by atoms with Crippen LogP contribution in [0.1, 0.15) is 46.2 Å². The summed E-state index contributed by atoms with van der Waals surface area (Å²) in [7, 11) is 3.17. The van der Waals surface area contributed by atoms with Crippen LogP contribution < -0.4 is 19.5 Å². The number of hydrogen-bond donors (Lipinski definition) is 1. The highest BCUT2D eigenvalue weighted by atomic mass is 32.2. The minimum absolute atomic E-state index is 0.0257. The van der Waals surface area contributed by atoms with E-state index in [4.69, 9.17) is 23.7 Å². The van der Waals surface area contributed by atoms with Gasteiger partial charge in [-0.25, -0.2) is 5.01 Å². The number of carbonyl (C=O) groups excluding carboxylic acids is 2. The van der Waals surface area contributed by atoms with Gasteiger partial charge >= 0.3 is 0 Å². The van der Waals surface area contributed by atoms with Gasteiger partial charge < -0.3 is 23.9 Å². The molecule has 0 saturated carbocycles. The first-order valence-corrected chi connectivity index (χ1v) is 16.6. The van der Waals surface area contributed by atoms with Crippen LogP contribution in [0.4, 0.5) is 0 Å². The smallest absolute Gasteiger partial charge is 0.287 e. The SMILES string of the molecule is CCOc1ccc(-n2c(CNC(=O)c3ccco3)nnc2SCC(=O)N2N=C(c3cccs3)C[C@@H]2c2cccc(OC)c2OC)cc1. The molecule has 0 fully saturated rings. The van der Waals surface area contributed by atoms with Gasteiger partial charge in [-0.05, 0) is 60.8 Å². The van der Waals surface area contributed by atoms with E-state index in [9.17, 15) is 9.59 Å². The van der Waals surface area contributed by atoms with E-state index in [0.29, 0.717) is 41.3 Å². The Balaban J connectivity index is 1.27. The highest BCUT2D eigenvalue weighted by Gasteiger charge is 2.36. The third-order valence-electron chi connectivity index (χ3n) is 7.35. The molecule has 0 aliphatic carbocycles. The summed E-state index contributed by atoms with van der Waals surface area (Å²) in [6, 6.07) is 19.9. The number of carbonyl (C=O) groups is 2. The minimum atomic E-state index is -0.401. The van der Waals surface area contributed by atoms with Gasteiger partial charge in [0, 0.05) is 17.7 Å². The maximum Gasteiger partial charge on any atom is 0.287 e. The molecule has 1 aliphatic heterocycles. The van der Waals surface area contributed by atoms with Crippen molar-refractivity contribution in [3.05, 3.63) is 100 Å². The minimum Gasteiger partial charge on any atom is -0.494 e. The highest BCUT2D eigenvalue weighted by molar-refractivity contribution is 7.99. The quantitative estimate of drug-likeness (QED) is 0.156. The second-order valence-corrected chi connectivity index (χ2v) is 12.1. The summed E-state index contributed by atoms with van der Waals surface area (Å²) in [6.45, 7) is 2.53. The zero-order chi connectivity index (χ0) is 32.8. The van der Waals surface area contributed by atoms with Crippen LogP contribution in [0.25, 0.3) is 5.69 Å². The van der Waals surface area contributed by atoms with Crippen molar-refractivity contribution < 1.29 is 28.2 Å². The van der Waals surface area contributed by atoms with Gasteiger partial charge in [0.15, 0.2) is 28.2 Å². The number of para-hydroxylation sites is 1. The lowest BCUT2D eigenvalue weighted by Gasteiger charge is -2.24. The molecule has 1 aliphatic rings. The van der Waals surface area contributed by atoms with Crippen LogP contribution in [-0.4, -0.2) is 63.9 Å². The first-order chi connectivity index (χ1) is 23.0. The van der Waals surface area contributed by atoms with E-state index in [1.54, 1.807) is 37.7 Å². The average Bonchev–Trinajstić information content (AvgIpc) is 3.93. The summed E-state index contributed by atoms with van der Waals surface area (Å²) in [5, 5.41) is 20.4. The molecule has 14 heteroatoms. The molecule has 5 aromatic rings. The van der Waals surface area contributed by atoms with Gasteiger partial charge in [-0.15, -0.1) is 21.5 Å². The molecular formula is C33H32N6O6S2. The van der Waals surface area contributed by atoms with Crippen LogP contribution in [0.2, 0.25) is 0 Å². The van der Waals surface area contributed by atoms with Gasteiger partial charge in [-0.1, -0.05) is 30.0 Å². The topological polar surface area (TPSA) is 133 Å². The van der Waals surface area contributed by atoms with E-state index >= 15 is 0 Å². The molecule has 3 aromatic heterocycles. The van der Waals surface area contributed by atoms with Crippen LogP contribution in [0.15, 0.2) is 93.0 Å². The second kappa shape index (κ2) is 14.6. The molecule has 2 amide bonds. The summed E-state index contributed by atoms with van der Waals surface area (Å²) in [5.74, 6) is 1.94. The number of furan rings is 1. The Morgan fingerprint density at radius 2 is 1.89 bits per heavy atom. The lowest BCUT2D eigenvalue weighted by Crippen LogP contribution is -2.29. The number of benzene rings is 2. The lowest BCUT2D eigenvalue weighted by atomic mass is 9.99. The molecule has 0 saturated heterocycles. The fourth-order valence-electron chi connectivity index (χ4n) is 5.22. The number of aromatic nitrogens is 3.